The summed E-state index contributed by atoms with van der Waals surface area (Å²) in [5, 5.41) is 10.3. The second kappa shape index (κ2) is 6.71. The number of rotatable bonds is 4. The van der Waals surface area contributed by atoms with E-state index in [-0.39, 0.29) is 0 Å². The fourth-order valence-electron chi connectivity index (χ4n) is 2.61. The van der Waals surface area contributed by atoms with E-state index in [2.05, 4.69) is 16.0 Å². The zero-order chi connectivity index (χ0) is 15.4. The smallest absolute Gasteiger partial charge is 0.121 e. The number of nitrogens with zero attached hydrogens (tertiary/aromatic N) is 3. The highest BCUT2D eigenvalue weighted by atomic mass is 32.2. The summed E-state index contributed by atoms with van der Waals surface area (Å²) in [4.78, 5) is 7.69. The fourth-order valence-corrected chi connectivity index (χ4v) is 3.52. The number of benzene rings is 1. The van der Waals surface area contributed by atoms with Crippen LogP contribution in [0.3, 0.4) is 0 Å². The first-order valence-corrected chi connectivity index (χ1v) is 8.09. The summed E-state index contributed by atoms with van der Waals surface area (Å²) in [6.07, 6.45) is 4.16. The van der Waals surface area contributed by atoms with Crippen molar-refractivity contribution in [2.45, 2.75) is 22.8 Å². The first kappa shape index (κ1) is 14.7. The van der Waals surface area contributed by atoms with Crippen LogP contribution >= 0.6 is 11.8 Å². The molecule has 1 fully saturated rings. The number of pyridine rings is 1. The molecule has 2 heterocycles. The summed E-state index contributed by atoms with van der Waals surface area (Å²) < 4.78 is 5.25. The largest absolute Gasteiger partial charge is 0.497 e. The summed E-state index contributed by atoms with van der Waals surface area (Å²) in [6.45, 7) is 2.03. The summed E-state index contributed by atoms with van der Waals surface area (Å²) in [5.41, 5.74) is 1.66. The van der Waals surface area contributed by atoms with Crippen LogP contribution in [0.5, 0.6) is 5.75 Å². The lowest BCUT2D eigenvalue weighted by molar-refractivity contribution is 0.413. The van der Waals surface area contributed by atoms with Crippen LogP contribution in [0.4, 0.5) is 5.69 Å². The van der Waals surface area contributed by atoms with Crippen molar-refractivity contribution >= 4 is 17.4 Å². The molecule has 0 spiro atoms. The lowest BCUT2D eigenvalue weighted by Gasteiger charge is -2.19. The van der Waals surface area contributed by atoms with Crippen LogP contribution in [0.15, 0.2) is 46.5 Å². The second-order valence-electron chi connectivity index (χ2n) is 5.10. The molecule has 1 aliphatic rings. The molecule has 3 rings (SSSR count). The quantitative estimate of drug-likeness (QED) is 0.861. The lowest BCUT2D eigenvalue weighted by Crippen LogP contribution is -2.19. The normalized spacial score (nSPS) is 13.9. The van der Waals surface area contributed by atoms with Crippen LogP contribution in [0.1, 0.15) is 18.4 Å². The highest BCUT2D eigenvalue weighted by Gasteiger charge is 2.19. The van der Waals surface area contributed by atoms with Crippen molar-refractivity contribution in [2.75, 3.05) is 25.1 Å². The molecule has 1 aromatic heterocycles. The lowest BCUT2D eigenvalue weighted by atomic mass is 10.2. The van der Waals surface area contributed by atoms with Gasteiger partial charge in [0.25, 0.3) is 0 Å². The molecule has 5 heteroatoms. The van der Waals surface area contributed by atoms with Crippen molar-refractivity contribution in [2.24, 2.45) is 0 Å². The number of hydrogen-bond donors (Lipinski definition) is 0. The van der Waals surface area contributed by atoms with Gasteiger partial charge in [-0.25, -0.2) is 4.98 Å². The molecule has 0 unspecified atom stereocenters. The molecule has 0 radical (unpaired) electrons. The Bertz CT molecular complexity index is 705. The van der Waals surface area contributed by atoms with Gasteiger partial charge in [-0.2, -0.15) is 5.26 Å². The molecule has 2 aromatic rings. The Morgan fingerprint density at radius 3 is 2.82 bits per heavy atom. The third-order valence-corrected chi connectivity index (χ3v) is 4.70. The minimum Gasteiger partial charge on any atom is -0.497 e. The van der Waals surface area contributed by atoms with E-state index in [1.807, 2.05) is 30.3 Å². The number of aromatic nitrogens is 1. The average Bonchev–Trinajstić information content (AvgIpc) is 3.09. The van der Waals surface area contributed by atoms with E-state index >= 15 is 0 Å². The van der Waals surface area contributed by atoms with E-state index in [4.69, 9.17) is 4.74 Å². The maximum absolute atomic E-state index is 9.58. The first-order valence-electron chi connectivity index (χ1n) is 7.28. The molecule has 112 valence electrons. The molecule has 0 aliphatic carbocycles. The van der Waals surface area contributed by atoms with Gasteiger partial charge in [-0.1, -0.05) is 17.8 Å². The molecule has 0 saturated carbocycles. The fraction of sp³-hybridized carbons (Fsp3) is 0.294. The highest BCUT2D eigenvalue weighted by molar-refractivity contribution is 7.99. The second-order valence-corrected chi connectivity index (χ2v) is 6.16. The van der Waals surface area contributed by atoms with Gasteiger partial charge in [-0.15, -0.1) is 0 Å². The topological polar surface area (TPSA) is 49.1 Å². The van der Waals surface area contributed by atoms with Gasteiger partial charge in [-0.05, 0) is 37.1 Å². The summed E-state index contributed by atoms with van der Waals surface area (Å²) in [6, 6.07) is 12.1. The zero-order valence-corrected chi connectivity index (χ0v) is 13.3. The summed E-state index contributed by atoms with van der Waals surface area (Å²) >= 11 is 1.50. The number of anilines is 1. The van der Waals surface area contributed by atoms with Crippen molar-refractivity contribution in [3.05, 3.63) is 42.1 Å². The molecule has 4 nitrogen and oxygen atoms in total. The Kier molecular flexibility index (Phi) is 4.50. The summed E-state index contributed by atoms with van der Waals surface area (Å²) in [7, 11) is 1.65. The molecule has 0 atom stereocenters. The molecular weight excluding hydrogens is 294 g/mol. The van der Waals surface area contributed by atoms with Gasteiger partial charge in [0.05, 0.1) is 12.8 Å². The Morgan fingerprint density at radius 1 is 1.27 bits per heavy atom. The van der Waals surface area contributed by atoms with Crippen molar-refractivity contribution in [3.63, 3.8) is 0 Å². The van der Waals surface area contributed by atoms with Crippen molar-refractivity contribution in [3.8, 4) is 11.8 Å². The number of methoxy groups -OCH3 is 1. The summed E-state index contributed by atoms with van der Waals surface area (Å²) in [5.74, 6) is 0.805. The van der Waals surface area contributed by atoms with E-state index in [1.165, 1.54) is 24.6 Å². The predicted molar refractivity (Wildman–Crippen MR) is 87.5 cm³/mol. The highest BCUT2D eigenvalue weighted by Crippen LogP contribution is 2.35. The maximum atomic E-state index is 9.58. The predicted octanol–water partition coefficient (Wildman–Crippen LogP) is 3.71. The minimum atomic E-state index is 0.664. The van der Waals surface area contributed by atoms with Crippen LogP contribution < -0.4 is 9.64 Å². The van der Waals surface area contributed by atoms with E-state index < -0.39 is 0 Å². The minimum absolute atomic E-state index is 0.664. The molecule has 0 amide bonds. The number of hydrogen-bond acceptors (Lipinski definition) is 5. The van der Waals surface area contributed by atoms with Gasteiger partial charge in [0.1, 0.15) is 22.4 Å². The van der Waals surface area contributed by atoms with Crippen molar-refractivity contribution in [1.29, 1.82) is 5.26 Å². The Labute approximate surface area is 134 Å². The molecule has 0 bridgehead atoms. The van der Waals surface area contributed by atoms with Gasteiger partial charge < -0.3 is 9.64 Å². The van der Waals surface area contributed by atoms with Gasteiger partial charge in [-0.3, -0.25) is 0 Å². The molecule has 1 aromatic carbocycles. The molecule has 22 heavy (non-hydrogen) atoms. The average molecular weight is 311 g/mol. The van der Waals surface area contributed by atoms with E-state index in [0.29, 0.717) is 5.56 Å². The third-order valence-electron chi connectivity index (χ3n) is 3.71. The van der Waals surface area contributed by atoms with Gasteiger partial charge in [0.15, 0.2) is 0 Å². The van der Waals surface area contributed by atoms with Crippen LogP contribution in [-0.2, 0) is 0 Å². The monoisotopic (exact) mass is 311 g/mol. The molecule has 1 saturated heterocycles. The Balaban J connectivity index is 1.93. The number of ether oxygens (including phenoxy) is 1. The Morgan fingerprint density at radius 2 is 2.09 bits per heavy atom. The first-order chi connectivity index (χ1) is 10.8. The third kappa shape index (κ3) is 3.02. The van der Waals surface area contributed by atoms with Crippen LogP contribution in [-0.4, -0.2) is 25.2 Å². The maximum Gasteiger partial charge on any atom is 0.121 e. The van der Waals surface area contributed by atoms with Crippen molar-refractivity contribution < 1.29 is 4.74 Å². The van der Waals surface area contributed by atoms with Gasteiger partial charge >= 0.3 is 0 Å². The van der Waals surface area contributed by atoms with Gasteiger partial charge in [0, 0.05) is 24.2 Å². The zero-order valence-electron chi connectivity index (χ0n) is 12.5. The van der Waals surface area contributed by atoms with Crippen LogP contribution in [0.25, 0.3) is 0 Å². The van der Waals surface area contributed by atoms with Crippen LogP contribution in [0, 0.1) is 11.3 Å². The van der Waals surface area contributed by atoms with E-state index in [1.54, 1.807) is 13.3 Å². The van der Waals surface area contributed by atoms with Crippen LogP contribution in [0.2, 0.25) is 0 Å². The van der Waals surface area contributed by atoms with Crippen molar-refractivity contribution in [1.82, 2.24) is 4.98 Å². The Hall–Kier alpha value is -2.19. The number of nitriles is 1. The van der Waals surface area contributed by atoms with Gasteiger partial charge in [0.2, 0.25) is 0 Å². The van der Waals surface area contributed by atoms with E-state index in [0.717, 1.165) is 34.4 Å². The molecular formula is C17H17N3OS. The van der Waals surface area contributed by atoms with E-state index in [9.17, 15) is 5.26 Å². The SMILES string of the molecule is COc1cccc(Sc2nccc(N3CCCC3)c2C#N)c1. The molecule has 1 aliphatic heterocycles. The standard InChI is InChI=1S/C17H17N3OS/c1-21-13-5-4-6-14(11-13)22-17-15(12-18)16(7-8-19-17)20-9-2-3-10-20/h4-8,11H,2-3,9-10H2,1H3. The molecule has 0 N–H and O–H groups in total.